The van der Waals surface area contributed by atoms with Crippen LogP contribution in [0.15, 0.2) is 24.3 Å². The standard InChI is InChI=1S/C21H28N4OS.2ClH/c1-15-19(26)17-8-5-4-7-16(17)18-20(15)27-21(24(18)3)22-9-6-10-25-13-11-23(2)12-14-25;;/h4-5,7-8,26H,6,9-14H2,1-3H3;2*1H. The Balaban J connectivity index is 0.00000150. The number of aromatic hydroxyl groups is 1. The predicted octanol–water partition coefficient (Wildman–Crippen LogP) is 0.368. The first kappa shape index (κ1) is 24.0. The van der Waals surface area contributed by atoms with Gasteiger partial charge in [0.15, 0.2) is 5.52 Å². The average molecular weight is 457 g/mol. The minimum absolute atomic E-state index is 0. The molecule has 2 aromatic carbocycles. The van der Waals surface area contributed by atoms with E-state index in [1.165, 1.54) is 31.7 Å². The van der Waals surface area contributed by atoms with Crippen LogP contribution in [0.3, 0.4) is 0 Å². The first-order valence-electron chi connectivity index (χ1n) is 9.74. The van der Waals surface area contributed by atoms with E-state index >= 15 is 0 Å². The van der Waals surface area contributed by atoms with Gasteiger partial charge in [-0.15, -0.1) is 12.4 Å². The van der Waals surface area contributed by atoms with Gasteiger partial charge in [-0.3, -0.25) is 5.32 Å². The Labute approximate surface area is 189 Å². The van der Waals surface area contributed by atoms with E-state index in [1.54, 1.807) is 11.3 Å². The number of halogens is 2. The zero-order chi connectivity index (χ0) is 19.0. The molecule has 0 unspecified atom stereocenters. The first-order valence-corrected chi connectivity index (χ1v) is 10.6. The number of thiazole rings is 1. The summed E-state index contributed by atoms with van der Waals surface area (Å²) in [6.45, 7) is 8.84. The normalized spacial score (nSPS) is 15.3. The molecule has 29 heavy (non-hydrogen) atoms. The first-order chi connectivity index (χ1) is 13.1. The molecule has 1 aromatic heterocycles. The van der Waals surface area contributed by atoms with E-state index in [0.717, 1.165) is 45.7 Å². The van der Waals surface area contributed by atoms with Crippen LogP contribution in [0.5, 0.6) is 5.75 Å². The zero-order valence-corrected chi connectivity index (χ0v) is 19.6. The second-order valence-corrected chi connectivity index (χ2v) is 8.59. The monoisotopic (exact) mass is 456 g/mol. The van der Waals surface area contributed by atoms with Crippen LogP contribution in [-0.4, -0.2) is 61.2 Å². The number of phenolic OH excluding ortho intramolecular Hbond substituents is 1. The van der Waals surface area contributed by atoms with Crippen LogP contribution in [0.4, 0.5) is 5.13 Å². The minimum Gasteiger partial charge on any atom is -1.00 e. The van der Waals surface area contributed by atoms with Gasteiger partial charge in [0.25, 0.3) is 0 Å². The molecule has 0 bridgehead atoms. The summed E-state index contributed by atoms with van der Waals surface area (Å²) in [5, 5.41) is 17.4. The number of aromatic nitrogens is 1. The van der Waals surface area contributed by atoms with Gasteiger partial charge in [0.05, 0.1) is 18.3 Å². The molecule has 0 amide bonds. The third kappa shape index (κ3) is 4.72. The van der Waals surface area contributed by atoms with Crippen LogP contribution < -0.4 is 22.3 Å². The number of hydrogen-bond acceptors (Lipinski definition) is 5. The lowest BCUT2D eigenvalue weighted by Gasteiger charge is -2.32. The van der Waals surface area contributed by atoms with Crippen LogP contribution in [0, 0.1) is 6.92 Å². The van der Waals surface area contributed by atoms with Gasteiger partial charge in [-0.2, -0.15) is 0 Å². The molecule has 160 valence electrons. The largest absolute Gasteiger partial charge is 1.00 e. The van der Waals surface area contributed by atoms with Crippen LogP contribution in [-0.2, 0) is 7.05 Å². The van der Waals surface area contributed by atoms with E-state index in [0.29, 0.717) is 5.75 Å². The van der Waals surface area contributed by atoms with Crippen molar-refractivity contribution in [2.24, 2.45) is 7.05 Å². The van der Waals surface area contributed by atoms with Crippen molar-refractivity contribution in [3.8, 4) is 5.75 Å². The fourth-order valence-electron chi connectivity index (χ4n) is 3.95. The number of fused-ring (bicyclic) bond motifs is 3. The zero-order valence-electron chi connectivity index (χ0n) is 17.2. The fraction of sp³-hybridized carbons (Fsp3) is 0.476. The molecule has 4 rings (SSSR count). The maximum absolute atomic E-state index is 10.6. The van der Waals surface area contributed by atoms with Crippen LogP contribution >= 0.6 is 23.7 Å². The topological polar surface area (TPSA) is 42.6 Å². The Morgan fingerprint density at radius 2 is 1.79 bits per heavy atom. The third-order valence-corrected chi connectivity index (χ3v) is 7.03. The van der Waals surface area contributed by atoms with Crippen molar-refractivity contribution in [3.05, 3.63) is 29.8 Å². The molecule has 3 aromatic rings. The van der Waals surface area contributed by atoms with Crippen LogP contribution in [0.25, 0.3) is 21.0 Å². The van der Waals surface area contributed by atoms with E-state index in [-0.39, 0.29) is 24.8 Å². The van der Waals surface area contributed by atoms with E-state index in [4.69, 9.17) is 0 Å². The quantitative estimate of drug-likeness (QED) is 0.429. The molecular formula is C21H30Cl2N4OS. The summed E-state index contributed by atoms with van der Waals surface area (Å²) >= 11 is 1.74. The van der Waals surface area contributed by atoms with Crippen molar-refractivity contribution in [3.63, 3.8) is 0 Å². The lowest BCUT2D eigenvalue weighted by atomic mass is 10.0. The predicted molar refractivity (Wildman–Crippen MR) is 121 cm³/mol. The highest BCUT2D eigenvalue weighted by Gasteiger charge is 2.22. The second-order valence-electron chi connectivity index (χ2n) is 7.59. The average Bonchev–Trinajstić information content (AvgIpc) is 3.01. The molecule has 0 spiro atoms. The Bertz CT molecular complexity index is 970. The molecular weight excluding hydrogens is 427 g/mol. The van der Waals surface area contributed by atoms with Crippen molar-refractivity contribution in [1.29, 1.82) is 0 Å². The lowest BCUT2D eigenvalue weighted by Crippen LogP contribution is -3.00. The highest BCUT2D eigenvalue weighted by Crippen LogP contribution is 2.39. The molecule has 0 saturated carbocycles. The summed E-state index contributed by atoms with van der Waals surface area (Å²) in [5.74, 6) is 0.404. The van der Waals surface area contributed by atoms with Crippen LogP contribution in [0.1, 0.15) is 12.0 Å². The van der Waals surface area contributed by atoms with Gasteiger partial charge in [-0.05, 0) is 37.8 Å². The van der Waals surface area contributed by atoms with E-state index in [9.17, 15) is 5.11 Å². The van der Waals surface area contributed by atoms with Crippen LogP contribution in [0.2, 0.25) is 0 Å². The van der Waals surface area contributed by atoms with Crippen molar-refractivity contribution < 1.29 is 22.1 Å². The number of aryl methyl sites for hydroxylation is 2. The Kier molecular flexibility index (Phi) is 8.37. The van der Waals surface area contributed by atoms with Gasteiger partial charge >= 0.3 is 5.13 Å². The Morgan fingerprint density at radius 3 is 2.48 bits per heavy atom. The molecule has 0 aliphatic carbocycles. The number of rotatable bonds is 5. The van der Waals surface area contributed by atoms with Crippen molar-refractivity contribution >= 4 is 49.9 Å². The van der Waals surface area contributed by atoms with Crippen molar-refractivity contribution in [2.75, 3.05) is 51.6 Å². The van der Waals surface area contributed by atoms with Gasteiger partial charge in [-0.1, -0.05) is 18.2 Å². The number of likely N-dealkylation sites (N-methyl/N-ethyl adjacent to an activating group) is 1. The molecule has 8 heteroatoms. The summed E-state index contributed by atoms with van der Waals surface area (Å²) < 4.78 is 3.40. The second kappa shape index (κ2) is 10.1. The van der Waals surface area contributed by atoms with Gasteiger partial charge in [-0.25, -0.2) is 4.57 Å². The molecule has 1 fully saturated rings. The maximum atomic E-state index is 10.6. The number of anilines is 1. The smallest absolute Gasteiger partial charge is 0.334 e. The number of piperazine rings is 1. The number of phenols is 1. The van der Waals surface area contributed by atoms with E-state index in [2.05, 4.69) is 39.8 Å². The highest BCUT2D eigenvalue weighted by molar-refractivity contribution is 7.22. The molecule has 0 atom stereocenters. The molecule has 1 aliphatic rings. The van der Waals surface area contributed by atoms with Gasteiger partial charge in [0.2, 0.25) is 0 Å². The summed E-state index contributed by atoms with van der Waals surface area (Å²) in [4.78, 5) is 4.95. The van der Waals surface area contributed by atoms with Gasteiger partial charge in [0, 0.05) is 49.1 Å². The van der Waals surface area contributed by atoms with E-state index in [1.807, 2.05) is 25.1 Å². The Hall–Kier alpha value is -1.31. The fourth-order valence-corrected chi connectivity index (χ4v) is 5.14. The third-order valence-electron chi connectivity index (χ3n) is 5.71. The lowest BCUT2D eigenvalue weighted by molar-refractivity contribution is -0.625. The summed E-state index contributed by atoms with van der Waals surface area (Å²) in [6, 6.07) is 8.12. The highest BCUT2D eigenvalue weighted by atomic mass is 35.5. The van der Waals surface area contributed by atoms with E-state index < -0.39 is 0 Å². The summed E-state index contributed by atoms with van der Waals surface area (Å²) in [6.07, 6.45) is 1.14. The molecule has 0 radical (unpaired) electrons. The number of benzene rings is 2. The number of hydrogen-bond donors (Lipinski definition) is 2. The maximum Gasteiger partial charge on any atom is 0.334 e. The Morgan fingerprint density at radius 1 is 1.14 bits per heavy atom. The van der Waals surface area contributed by atoms with Gasteiger partial charge < -0.3 is 27.3 Å². The molecule has 1 aliphatic heterocycles. The molecule has 5 nitrogen and oxygen atoms in total. The van der Waals surface area contributed by atoms with Crippen molar-refractivity contribution in [2.45, 2.75) is 13.3 Å². The van der Waals surface area contributed by atoms with Crippen molar-refractivity contribution in [1.82, 2.24) is 9.80 Å². The van der Waals surface area contributed by atoms with Gasteiger partial charge in [0.1, 0.15) is 5.75 Å². The summed E-state index contributed by atoms with van der Waals surface area (Å²) in [5.41, 5.74) is 2.17. The summed E-state index contributed by atoms with van der Waals surface area (Å²) in [7, 11) is 4.31. The number of nitrogens with one attached hydrogen (secondary N) is 1. The minimum atomic E-state index is 0. The SMILES string of the molecule is Cc1c(O)c2ccccc2c2c1sc(NCCCN1CCN(C)CC1)[n+]2C.Cl.[Cl-]. The number of nitrogens with zero attached hydrogens (tertiary/aromatic N) is 3. The molecule has 1 saturated heterocycles. The molecule has 2 heterocycles. The molecule has 2 N–H and O–H groups in total.